The first-order valence-corrected chi connectivity index (χ1v) is 13.5. The minimum Gasteiger partial charge on any atom is -0.372 e. The van der Waals surface area contributed by atoms with Crippen molar-refractivity contribution >= 4 is 7.60 Å². The summed E-state index contributed by atoms with van der Waals surface area (Å²) >= 11 is 0. The molecule has 5 heteroatoms. The van der Waals surface area contributed by atoms with Crippen LogP contribution in [0.1, 0.15) is 80.1 Å². The van der Waals surface area contributed by atoms with E-state index in [9.17, 15) is 4.57 Å². The zero-order chi connectivity index (χ0) is 20.5. The lowest BCUT2D eigenvalue weighted by Gasteiger charge is -2.41. The highest BCUT2D eigenvalue weighted by atomic mass is 31.2. The lowest BCUT2D eigenvalue weighted by molar-refractivity contribution is -0.00372. The van der Waals surface area contributed by atoms with Gasteiger partial charge >= 0.3 is 7.60 Å². The number of epoxide rings is 1. The van der Waals surface area contributed by atoms with E-state index < -0.39 is 7.60 Å². The van der Waals surface area contributed by atoms with Crippen LogP contribution in [-0.2, 0) is 18.3 Å². The molecule has 0 aromatic carbocycles. The Bertz CT molecular complexity index is 507. The maximum Gasteiger partial charge on any atom is 0.333 e. The third kappa shape index (κ3) is 6.06. The molecule has 2 aliphatic carbocycles. The van der Waals surface area contributed by atoms with Crippen LogP contribution in [0.4, 0.5) is 0 Å². The summed E-state index contributed by atoms with van der Waals surface area (Å²) < 4.78 is 32.5. The van der Waals surface area contributed by atoms with E-state index in [2.05, 4.69) is 41.5 Å². The van der Waals surface area contributed by atoms with Gasteiger partial charge in [0.15, 0.2) is 0 Å². The summed E-state index contributed by atoms with van der Waals surface area (Å²) in [6, 6.07) is 0. The molecule has 3 aliphatic rings. The van der Waals surface area contributed by atoms with Gasteiger partial charge in [-0.2, -0.15) is 0 Å². The summed E-state index contributed by atoms with van der Waals surface area (Å²) in [5.74, 6) is 3.29. The van der Waals surface area contributed by atoms with E-state index in [0.717, 1.165) is 12.8 Å². The molecule has 0 bridgehead atoms. The van der Waals surface area contributed by atoms with Gasteiger partial charge in [0.2, 0.25) is 0 Å². The molecule has 1 saturated heterocycles. The van der Waals surface area contributed by atoms with E-state index in [-0.39, 0.29) is 18.3 Å². The molecule has 3 rings (SSSR count). The van der Waals surface area contributed by atoms with Gasteiger partial charge in [0, 0.05) is 0 Å². The molecular formula is C23H43O4P. The second kappa shape index (κ2) is 9.50. The Morgan fingerprint density at radius 2 is 1.29 bits per heavy atom. The van der Waals surface area contributed by atoms with Gasteiger partial charge < -0.3 is 13.8 Å². The van der Waals surface area contributed by atoms with Crippen molar-refractivity contribution in [2.75, 3.05) is 12.8 Å². The summed E-state index contributed by atoms with van der Waals surface area (Å²) in [7, 11) is -3.18. The number of hydrogen-bond donors (Lipinski definition) is 0. The molecule has 164 valence electrons. The van der Waals surface area contributed by atoms with E-state index in [4.69, 9.17) is 13.8 Å². The van der Waals surface area contributed by atoms with Crippen molar-refractivity contribution in [3.8, 4) is 0 Å². The Labute approximate surface area is 173 Å². The van der Waals surface area contributed by atoms with Crippen molar-refractivity contribution in [3.05, 3.63) is 0 Å². The highest BCUT2D eigenvalue weighted by Gasteiger charge is 2.45. The van der Waals surface area contributed by atoms with Crippen LogP contribution in [0.3, 0.4) is 0 Å². The normalized spacial score (nSPS) is 41.2. The molecule has 0 N–H and O–H groups in total. The van der Waals surface area contributed by atoms with Crippen molar-refractivity contribution in [1.29, 1.82) is 0 Å². The zero-order valence-corrected chi connectivity index (χ0v) is 19.8. The molecule has 0 amide bonds. The first-order valence-electron chi connectivity index (χ1n) is 11.7. The predicted molar refractivity (Wildman–Crippen MR) is 115 cm³/mol. The van der Waals surface area contributed by atoms with Gasteiger partial charge in [-0.15, -0.1) is 0 Å². The van der Waals surface area contributed by atoms with Crippen molar-refractivity contribution in [3.63, 3.8) is 0 Å². The molecule has 0 radical (unpaired) electrons. The van der Waals surface area contributed by atoms with Gasteiger partial charge in [0.05, 0.1) is 31.1 Å². The molecular weight excluding hydrogens is 371 g/mol. The van der Waals surface area contributed by atoms with Crippen LogP contribution in [0, 0.1) is 35.5 Å². The minimum absolute atomic E-state index is 0.0480. The maximum absolute atomic E-state index is 14.0. The van der Waals surface area contributed by atoms with Crippen LogP contribution in [0.15, 0.2) is 0 Å². The van der Waals surface area contributed by atoms with Crippen molar-refractivity contribution in [2.45, 2.75) is 98.4 Å². The van der Waals surface area contributed by atoms with E-state index in [1.165, 1.54) is 25.7 Å². The Morgan fingerprint density at radius 3 is 1.64 bits per heavy atom. The van der Waals surface area contributed by atoms with Gasteiger partial charge in [-0.05, 0) is 61.2 Å². The number of hydrogen-bond acceptors (Lipinski definition) is 4. The van der Waals surface area contributed by atoms with Gasteiger partial charge in [-0.3, -0.25) is 4.57 Å². The molecule has 0 spiro atoms. The summed E-state index contributed by atoms with van der Waals surface area (Å²) in [5.41, 5.74) is 0. The fraction of sp³-hybridized carbons (Fsp3) is 1.00. The summed E-state index contributed by atoms with van der Waals surface area (Å²) in [4.78, 5) is 0. The van der Waals surface area contributed by atoms with Crippen LogP contribution in [0.2, 0.25) is 0 Å². The van der Waals surface area contributed by atoms with Crippen LogP contribution in [0.25, 0.3) is 0 Å². The molecule has 0 aromatic heterocycles. The quantitative estimate of drug-likeness (QED) is 0.334. The van der Waals surface area contributed by atoms with E-state index >= 15 is 0 Å². The van der Waals surface area contributed by atoms with Crippen LogP contribution in [-0.4, -0.2) is 31.1 Å². The fourth-order valence-corrected chi connectivity index (χ4v) is 7.66. The standard InChI is InChI=1S/C23H43O4P/c1-15(2)20-9-7-17(5)11-22(20)26-28(24,14-19-13-25-19)27-23-12-18(6)8-10-21(23)16(3)4/h15-23H,7-14H2,1-6H3. The van der Waals surface area contributed by atoms with Crippen LogP contribution >= 0.6 is 7.60 Å². The van der Waals surface area contributed by atoms with Gasteiger partial charge in [-0.25, -0.2) is 0 Å². The Hall–Kier alpha value is 0.110. The summed E-state index contributed by atoms with van der Waals surface area (Å²) in [6.07, 6.45) is 7.40. The largest absolute Gasteiger partial charge is 0.372 e. The molecule has 3 fully saturated rings. The van der Waals surface area contributed by atoms with E-state index in [1.807, 2.05) is 0 Å². The molecule has 1 aliphatic heterocycles. The summed E-state index contributed by atoms with van der Waals surface area (Å²) in [5, 5.41) is 0. The number of ether oxygens (including phenoxy) is 1. The molecule has 7 atom stereocenters. The predicted octanol–water partition coefficient (Wildman–Crippen LogP) is 6.53. The average molecular weight is 415 g/mol. The molecule has 4 nitrogen and oxygen atoms in total. The first-order chi connectivity index (χ1) is 13.2. The third-order valence-electron chi connectivity index (χ3n) is 7.34. The van der Waals surface area contributed by atoms with Crippen molar-refractivity contribution in [2.24, 2.45) is 35.5 Å². The van der Waals surface area contributed by atoms with E-state index in [0.29, 0.717) is 48.3 Å². The number of rotatable bonds is 8. The Kier molecular flexibility index (Phi) is 7.73. The molecule has 28 heavy (non-hydrogen) atoms. The summed E-state index contributed by atoms with van der Waals surface area (Å²) in [6.45, 7) is 14.4. The highest BCUT2D eigenvalue weighted by Crippen LogP contribution is 2.57. The highest BCUT2D eigenvalue weighted by molar-refractivity contribution is 7.54. The second-order valence-electron chi connectivity index (χ2n) is 10.7. The third-order valence-corrected chi connectivity index (χ3v) is 9.38. The van der Waals surface area contributed by atoms with Crippen molar-refractivity contribution in [1.82, 2.24) is 0 Å². The molecule has 1 heterocycles. The van der Waals surface area contributed by atoms with Gasteiger partial charge in [0.1, 0.15) is 0 Å². The Balaban J connectivity index is 1.76. The lowest BCUT2D eigenvalue weighted by atomic mass is 9.75. The molecule has 0 aromatic rings. The SMILES string of the molecule is CC1CCC(C(C)C)C(OP(=O)(CC2CO2)OC2CC(C)CCC2C(C)C)C1. The van der Waals surface area contributed by atoms with E-state index in [1.54, 1.807) is 0 Å². The second-order valence-corrected chi connectivity index (χ2v) is 12.7. The maximum atomic E-state index is 14.0. The Morgan fingerprint density at radius 1 is 0.857 bits per heavy atom. The average Bonchev–Trinajstić information content (AvgIpc) is 3.37. The topological polar surface area (TPSA) is 48.1 Å². The van der Waals surface area contributed by atoms with Crippen LogP contribution < -0.4 is 0 Å². The minimum atomic E-state index is -3.18. The lowest BCUT2D eigenvalue weighted by Crippen LogP contribution is -2.37. The van der Waals surface area contributed by atoms with Crippen LogP contribution in [0.5, 0.6) is 0 Å². The smallest absolute Gasteiger partial charge is 0.333 e. The monoisotopic (exact) mass is 414 g/mol. The first kappa shape index (κ1) is 22.8. The van der Waals surface area contributed by atoms with Gasteiger partial charge in [0.25, 0.3) is 0 Å². The molecule has 2 saturated carbocycles. The fourth-order valence-electron chi connectivity index (χ4n) is 5.42. The van der Waals surface area contributed by atoms with Crippen molar-refractivity contribution < 1.29 is 18.3 Å². The zero-order valence-electron chi connectivity index (χ0n) is 18.9. The molecule has 7 unspecified atom stereocenters. The van der Waals surface area contributed by atoms with Gasteiger partial charge in [-0.1, -0.05) is 54.4 Å².